The lowest BCUT2D eigenvalue weighted by Crippen LogP contribution is -2.15. The molecule has 0 aliphatic heterocycles. The van der Waals surface area contributed by atoms with Crippen molar-refractivity contribution in [2.75, 3.05) is 0 Å². The number of hydrogen-bond acceptors (Lipinski definition) is 4. The van der Waals surface area contributed by atoms with Crippen LogP contribution in [-0.4, -0.2) is 5.97 Å². The Kier molecular flexibility index (Phi) is 5.38. The van der Waals surface area contributed by atoms with E-state index >= 15 is 0 Å². The van der Waals surface area contributed by atoms with Gasteiger partial charge in [0, 0.05) is 17.0 Å². The van der Waals surface area contributed by atoms with E-state index in [0.717, 1.165) is 5.56 Å². The molecule has 0 atom stereocenters. The van der Waals surface area contributed by atoms with Crippen molar-refractivity contribution in [1.82, 2.24) is 0 Å². The third-order valence-electron chi connectivity index (χ3n) is 4.24. The van der Waals surface area contributed by atoms with E-state index in [1.54, 1.807) is 44.2 Å². The summed E-state index contributed by atoms with van der Waals surface area (Å²) in [6.45, 7) is 7.45. The summed E-state index contributed by atoms with van der Waals surface area (Å²) in [6.07, 6.45) is 0. The van der Waals surface area contributed by atoms with Crippen molar-refractivity contribution >= 4 is 28.5 Å². The van der Waals surface area contributed by atoms with E-state index in [0.29, 0.717) is 33.1 Å². The molecule has 0 saturated heterocycles. The molecule has 0 unspecified atom stereocenters. The second kappa shape index (κ2) is 7.57. The van der Waals surface area contributed by atoms with Gasteiger partial charge in [0.25, 0.3) is 0 Å². The second-order valence-electron chi connectivity index (χ2n) is 7.07. The topological polar surface area (TPSA) is 56.5 Å². The Bertz CT molecular complexity index is 1050. The van der Waals surface area contributed by atoms with Gasteiger partial charge in [-0.2, -0.15) is 0 Å². The average Bonchev–Trinajstić information content (AvgIpc) is 2.62. The van der Waals surface area contributed by atoms with Crippen LogP contribution in [0.2, 0.25) is 5.02 Å². The highest BCUT2D eigenvalue weighted by Gasteiger charge is 2.19. The first-order valence-electron chi connectivity index (χ1n) is 8.86. The molecule has 4 nitrogen and oxygen atoms in total. The summed E-state index contributed by atoms with van der Waals surface area (Å²) in [5, 5.41) is 1.04. The Morgan fingerprint density at radius 1 is 1.04 bits per heavy atom. The molecular formula is C22H21ClO4. The zero-order valence-corrected chi connectivity index (χ0v) is 16.5. The first kappa shape index (κ1) is 19.2. The molecule has 0 N–H and O–H groups in total. The summed E-state index contributed by atoms with van der Waals surface area (Å²) in [6, 6.07) is 12.0. The molecule has 27 heavy (non-hydrogen) atoms. The van der Waals surface area contributed by atoms with Crippen molar-refractivity contribution in [1.29, 1.82) is 0 Å². The molecule has 0 aliphatic carbocycles. The van der Waals surface area contributed by atoms with Crippen LogP contribution in [0.1, 0.15) is 39.4 Å². The summed E-state index contributed by atoms with van der Waals surface area (Å²) in [4.78, 5) is 25.0. The highest BCUT2D eigenvalue weighted by molar-refractivity contribution is 6.30. The number of carbonyl (C=O) groups excluding carboxylic acids is 1. The van der Waals surface area contributed by atoms with Gasteiger partial charge in [0.2, 0.25) is 5.43 Å². The molecule has 5 heteroatoms. The molecular weight excluding hydrogens is 364 g/mol. The maximum atomic E-state index is 13.2. The molecule has 3 aromatic rings. The van der Waals surface area contributed by atoms with Crippen LogP contribution < -0.4 is 10.2 Å². The molecule has 0 saturated carbocycles. The summed E-state index contributed by atoms with van der Waals surface area (Å²) in [5.41, 5.74) is 1.56. The predicted molar refractivity (Wildman–Crippen MR) is 107 cm³/mol. The molecule has 3 rings (SSSR count). The first-order chi connectivity index (χ1) is 12.8. The van der Waals surface area contributed by atoms with Gasteiger partial charge in [-0.15, -0.1) is 0 Å². The number of fused-ring (bicyclic) bond motifs is 1. The summed E-state index contributed by atoms with van der Waals surface area (Å²) >= 11 is 5.97. The van der Waals surface area contributed by atoms with Gasteiger partial charge in [-0.1, -0.05) is 51.4 Å². The van der Waals surface area contributed by atoms with Crippen LogP contribution in [0, 0.1) is 5.92 Å². The Morgan fingerprint density at radius 2 is 1.70 bits per heavy atom. The quantitative estimate of drug-likeness (QED) is 0.421. The van der Waals surface area contributed by atoms with Crippen molar-refractivity contribution in [3.05, 3.63) is 63.5 Å². The van der Waals surface area contributed by atoms with Crippen LogP contribution in [0.3, 0.4) is 0 Å². The van der Waals surface area contributed by atoms with Gasteiger partial charge in [0.15, 0.2) is 0 Å². The zero-order chi connectivity index (χ0) is 19.7. The number of benzene rings is 2. The Labute approximate surface area is 162 Å². The lowest BCUT2D eigenvalue weighted by Gasteiger charge is -2.14. The van der Waals surface area contributed by atoms with Crippen molar-refractivity contribution in [3.8, 4) is 16.9 Å². The van der Waals surface area contributed by atoms with Crippen molar-refractivity contribution < 1.29 is 13.9 Å². The molecule has 1 aromatic heterocycles. The van der Waals surface area contributed by atoms with E-state index in [1.165, 1.54) is 0 Å². The van der Waals surface area contributed by atoms with E-state index in [9.17, 15) is 9.59 Å². The minimum Gasteiger partial charge on any atom is -0.460 e. The maximum Gasteiger partial charge on any atom is 0.313 e. The average molecular weight is 385 g/mol. The fraction of sp³-hybridized carbons (Fsp3) is 0.273. The fourth-order valence-corrected chi connectivity index (χ4v) is 2.91. The largest absolute Gasteiger partial charge is 0.460 e. The van der Waals surface area contributed by atoms with Crippen molar-refractivity contribution in [2.45, 2.75) is 33.6 Å². The summed E-state index contributed by atoms with van der Waals surface area (Å²) in [7, 11) is 0. The Hall–Kier alpha value is -2.59. The van der Waals surface area contributed by atoms with E-state index in [1.807, 2.05) is 26.0 Å². The van der Waals surface area contributed by atoms with Gasteiger partial charge in [0.05, 0.1) is 16.9 Å². The van der Waals surface area contributed by atoms with Crippen LogP contribution in [0.4, 0.5) is 0 Å². The van der Waals surface area contributed by atoms with E-state index in [-0.39, 0.29) is 23.2 Å². The molecule has 0 aliphatic rings. The van der Waals surface area contributed by atoms with Gasteiger partial charge in [-0.05, 0) is 29.8 Å². The van der Waals surface area contributed by atoms with Gasteiger partial charge in [0.1, 0.15) is 17.1 Å². The predicted octanol–water partition coefficient (Wildman–Crippen LogP) is 5.80. The minimum absolute atomic E-state index is 0.00496. The highest BCUT2D eigenvalue weighted by atomic mass is 35.5. The third-order valence-corrected chi connectivity index (χ3v) is 4.49. The molecule has 0 radical (unpaired) electrons. The van der Waals surface area contributed by atoms with Crippen molar-refractivity contribution in [3.63, 3.8) is 0 Å². The molecule has 1 heterocycles. The molecule has 0 bridgehead atoms. The lowest BCUT2D eigenvalue weighted by atomic mass is 9.97. The normalized spacial score (nSPS) is 11.4. The molecule has 0 spiro atoms. The van der Waals surface area contributed by atoms with Gasteiger partial charge >= 0.3 is 5.97 Å². The highest BCUT2D eigenvalue weighted by Crippen LogP contribution is 2.31. The maximum absolute atomic E-state index is 13.2. The van der Waals surface area contributed by atoms with Crippen LogP contribution in [0.25, 0.3) is 22.1 Å². The third kappa shape index (κ3) is 3.91. The van der Waals surface area contributed by atoms with Crippen molar-refractivity contribution in [2.24, 2.45) is 5.92 Å². The number of esters is 1. The van der Waals surface area contributed by atoms with Crippen LogP contribution in [0.15, 0.2) is 51.7 Å². The van der Waals surface area contributed by atoms with Gasteiger partial charge in [-0.3, -0.25) is 9.59 Å². The second-order valence-corrected chi connectivity index (χ2v) is 7.50. The molecule has 0 amide bonds. The van der Waals surface area contributed by atoms with E-state index < -0.39 is 0 Å². The Morgan fingerprint density at radius 3 is 2.30 bits per heavy atom. The number of carbonyl (C=O) groups is 1. The van der Waals surface area contributed by atoms with E-state index in [2.05, 4.69) is 0 Å². The number of hydrogen-bond donors (Lipinski definition) is 0. The van der Waals surface area contributed by atoms with Gasteiger partial charge < -0.3 is 9.15 Å². The first-order valence-corrected chi connectivity index (χ1v) is 9.24. The summed E-state index contributed by atoms with van der Waals surface area (Å²) in [5.74, 6) is 0.361. The molecule has 140 valence electrons. The Balaban J connectivity index is 2.19. The number of ether oxygens (including phenoxy) is 1. The number of halogens is 1. The van der Waals surface area contributed by atoms with Gasteiger partial charge in [-0.25, -0.2) is 0 Å². The zero-order valence-electron chi connectivity index (χ0n) is 15.7. The monoisotopic (exact) mass is 384 g/mol. The van der Waals surface area contributed by atoms with Crippen LogP contribution >= 0.6 is 11.6 Å². The lowest BCUT2D eigenvalue weighted by molar-refractivity contribution is -0.137. The van der Waals surface area contributed by atoms with Crippen LogP contribution in [0.5, 0.6) is 5.75 Å². The standard InChI is InChI=1S/C22H21ClO4/c1-12(2)21-19(14-5-7-15(23)8-6-14)20(24)17-10-9-16(11-18(17)27-21)26-22(25)13(3)4/h5-13H,1-4H3. The minimum atomic E-state index is -0.335. The summed E-state index contributed by atoms with van der Waals surface area (Å²) < 4.78 is 11.4. The smallest absolute Gasteiger partial charge is 0.313 e. The SMILES string of the molecule is CC(C)C(=O)Oc1ccc2c(=O)c(-c3ccc(Cl)cc3)c(C(C)C)oc2c1. The fourth-order valence-electron chi connectivity index (χ4n) is 2.78. The molecule has 2 aromatic carbocycles. The van der Waals surface area contributed by atoms with Crippen LogP contribution in [-0.2, 0) is 4.79 Å². The molecule has 0 fully saturated rings. The number of rotatable bonds is 4. The van der Waals surface area contributed by atoms with E-state index in [4.69, 9.17) is 20.8 Å².